The van der Waals surface area contributed by atoms with Gasteiger partial charge in [-0.2, -0.15) is 0 Å². The number of carbonyl (C=O) groups is 3. The summed E-state index contributed by atoms with van der Waals surface area (Å²) in [4.78, 5) is 36.8. The molecule has 1 unspecified atom stereocenters. The van der Waals surface area contributed by atoms with Gasteiger partial charge < -0.3 is 5.32 Å². The van der Waals surface area contributed by atoms with Gasteiger partial charge in [-0.1, -0.05) is 37.3 Å². The molecule has 0 fully saturated rings. The highest BCUT2D eigenvalue weighted by molar-refractivity contribution is 6.24. The smallest absolute Gasteiger partial charge is 0.220 e. The highest BCUT2D eigenvalue weighted by atomic mass is 16.2. The van der Waals surface area contributed by atoms with Gasteiger partial charge in [0.2, 0.25) is 5.91 Å². The van der Waals surface area contributed by atoms with E-state index in [0.717, 1.165) is 5.56 Å². The number of amides is 1. The first-order chi connectivity index (χ1) is 11.8. The largest absolute Gasteiger partial charge is 0.352 e. The summed E-state index contributed by atoms with van der Waals surface area (Å²) in [7, 11) is 0. The molecule has 1 aliphatic rings. The van der Waals surface area contributed by atoms with E-state index in [-0.39, 0.29) is 23.4 Å². The second-order valence-corrected chi connectivity index (χ2v) is 6.65. The molecule has 0 bridgehead atoms. The number of allylic oxidation sites excluding steroid dienone is 4. The number of rotatable bonds is 6. The van der Waals surface area contributed by atoms with Gasteiger partial charge in [0.05, 0.1) is 0 Å². The van der Waals surface area contributed by atoms with Crippen molar-refractivity contribution in [1.29, 1.82) is 0 Å². The number of Topliss-reactive ketones (excluding diaryl/α,β-unsaturated/α-hetero) is 2. The van der Waals surface area contributed by atoms with Crippen molar-refractivity contribution >= 4 is 17.5 Å². The molecule has 1 aliphatic carbocycles. The second kappa shape index (κ2) is 8.06. The molecule has 0 spiro atoms. The Hall–Kier alpha value is -2.49. The van der Waals surface area contributed by atoms with Crippen molar-refractivity contribution in [2.45, 2.75) is 47.1 Å². The van der Waals surface area contributed by atoms with E-state index in [1.165, 1.54) is 0 Å². The van der Waals surface area contributed by atoms with Gasteiger partial charge in [-0.3, -0.25) is 14.4 Å². The Morgan fingerprint density at radius 3 is 2.20 bits per heavy atom. The zero-order chi connectivity index (χ0) is 18.6. The maximum atomic E-state index is 12.5. The van der Waals surface area contributed by atoms with Crippen LogP contribution in [0.2, 0.25) is 0 Å². The molecule has 0 aliphatic heterocycles. The Labute approximate surface area is 149 Å². The number of hydrogen-bond acceptors (Lipinski definition) is 3. The minimum atomic E-state index is -0.123. The zero-order valence-corrected chi connectivity index (χ0v) is 15.3. The van der Waals surface area contributed by atoms with Crippen LogP contribution in [0.5, 0.6) is 0 Å². The lowest BCUT2D eigenvalue weighted by atomic mass is 9.79. The topological polar surface area (TPSA) is 63.2 Å². The van der Waals surface area contributed by atoms with Crippen LogP contribution in [-0.2, 0) is 20.9 Å². The monoisotopic (exact) mass is 339 g/mol. The number of hydrogen-bond donors (Lipinski definition) is 1. The van der Waals surface area contributed by atoms with Crippen molar-refractivity contribution in [3.8, 4) is 0 Å². The Balaban J connectivity index is 1.93. The van der Waals surface area contributed by atoms with Gasteiger partial charge in [-0.25, -0.2) is 0 Å². The Kier molecular flexibility index (Phi) is 6.07. The lowest BCUT2D eigenvalue weighted by Gasteiger charge is -2.23. The van der Waals surface area contributed by atoms with Crippen molar-refractivity contribution in [1.82, 2.24) is 5.32 Å². The molecule has 1 aromatic rings. The number of carbonyl (C=O) groups excluding carboxylic acids is 3. The number of benzene rings is 1. The van der Waals surface area contributed by atoms with Crippen molar-refractivity contribution in [3.05, 3.63) is 58.2 Å². The molecule has 1 aromatic carbocycles. The Morgan fingerprint density at radius 2 is 1.56 bits per heavy atom. The van der Waals surface area contributed by atoms with Crippen LogP contribution in [0.4, 0.5) is 0 Å². The summed E-state index contributed by atoms with van der Waals surface area (Å²) in [6, 6.07) is 9.72. The molecule has 4 nitrogen and oxygen atoms in total. The maximum Gasteiger partial charge on any atom is 0.220 e. The quantitative estimate of drug-likeness (QED) is 0.807. The molecule has 4 heteroatoms. The molecule has 1 atom stereocenters. The van der Waals surface area contributed by atoms with Gasteiger partial charge in [0.25, 0.3) is 0 Å². The summed E-state index contributed by atoms with van der Waals surface area (Å²) in [5.74, 6) is -0.298. The van der Waals surface area contributed by atoms with Gasteiger partial charge >= 0.3 is 0 Å². The van der Waals surface area contributed by atoms with Crippen LogP contribution in [-0.4, -0.2) is 17.5 Å². The minimum absolute atomic E-state index is 0.0491. The second-order valence-electron chi connectivity index (χ2n) is 6.65. The molecule has 132 valence electrons. The van der Waals surface area contributed by atoms with Crippen LogP contribution in [0.3, 0.4) is 0 Å². The summed E-state index contributed by atoms with van der Waals surface area (Å²) >= 11 is 0. The number of ketones is 2. The Morgan fingerprint density at radius 1 is 0.960 bits per heavy atom. The lowest BCUT2D eigenvalue weighted by molar-refractivity contribution is -0.121. The van der Waals surface area contributed by atoms with Crippen LogP contribution in [0, 0.1) is 5.92 Å². The van der Waals surface area contributed by atoms with E-state index in [9.17, 15) is 14.4 Å². The standard InChI is InChI=1S/C21H25NO3/c1-13(19-16(4)20(24)14(2)15(3)21(19)25)10-11-18(23)22-12-17-8-6-5-7-9-17/h5-9,13H,10-12H2,1-4H3,(H,22,23). The Bertz CT molecular complexity index is 757. The first-order valence-corrected chi connectivity index (χ1v) is 8.61. The molecule has 0 heterocycles. The molecular formula is C21H25NO3. The summed E-state index contributed by atoms with van der Waals surface area (Å²) in [6.45, 7) is 7.49. The van der Waals surface area contributed by atoms with E-state index in [0.29, 0.717) is 41.7 Å². The highest BCUT2D eigenvalue weighted by Crippen LogP contribution is 2.30. The van der Waals surface area contributed by atoms with Gasteiger partial charge in [0, 0.05) is 35.3 Å². The third kappa shape index (κ3) is 4.32. The van der Waals surface area contributed by atoms with Gasteiger partial charge in [0.15, 0.2) is 11.6 Å². The van der Waals surface area contributed by atoms with Crippen LogP contribution in [0.25, 0.3) is 0 Å². The van der Waals surface area contributed by atoms with Crippen molar-refractivity contribution in [2.24, 2.45) is 5.92 Å². The predicted octanol–water partition coefficient (Wildman–Crippen LogP) is 3.52. The summed E-state index contributed by atoms with van der Waals surface area (Å²) < 4.78 is 0. The van der Waals surface area contributed by atoms with Gasteiger partial charge in [-0.15, -0.1) is 0 Å². The van der Waals surface area contributed by atoms with Crippen LogP contribution >= 0.6 is 0 Å². The first-order valence-electron chi connectivity index (χ1n) is 8.61. The average molecular weight is 339 g/mol. The molecule has 0 radical (unpaired) electrons. The molecule has 1 N–H and O–H groups in total. The molecule has 2 rings (SSSR count). The fraction of sp³-hybridized carbons (Fsp3) is 0.381. The van der Waals surface area contributed by atoms with E-state index in [2.05, 4.69) is 5.32 Å². The van der Waals surface area contributed by atoms with E-state index >= 15 is 0 Å². The van der Waals surface area contributed by atoms with E-state index in [4.69, 9.17) is 0 Å². The highest BCUT2D eigenvalue weighted by Gasteiger charge is 2.30. The van der Waals surface area contributed by atoms with Crippen LogP contribution in [0.15, 0.2) is 52.6 Å². The third-order valence-electron chi connectivity index (χ3n) is 4.86. The van der Waals surface area contributed by atoms with E-state index in [1.807, 2.05) is 37.3 Å². The molecule has 1 amide bonds. The zero-order valence-electron chi connectivity index (χ0n) is 15.3. The first kappa shape index (κ1) is 18.8. The SMILES string of the molecule is CC1=C(C)C(=O)C(C(C)CCC(=O)NCc2ccccc2)=C(C)C1=O. The number of nitrogens with one attached hydrogen (secondary N) is 1. The van der Waals surface area contributed by atoms with Crippen LogP contribution < -0.4 is 5.32 Å². The van der Waals surface area contributed by atoms with Gasteiger partial charge in [0.1, 0.15) is 0 Å². The van der Waals surface area contributed by atoms with Crippen molar-refractivity contribution < 1.29 is 14.4 Å². The fourth-order valence-corrected chi connectivity index (χ4v) is 3.09. The summed E-state index contributed by atoms with van der Waals surface area (Å²) in [5.41, 5.74) is 3.17. The fourth-order valence-electron chi connectivity index (χ4n) is 3.09. The third-order valence-corrected chi connectivity index (χ3v) is 4.86. The molecule has 0 saturated heterocycles. The summed E-state index contributed by atoms with van der Waals surface area (Å²) in [5, 5.41) is 2.89. The average Bonchev–Trinajstić information content (AvgIpc) is 2.62. The minimum Gasteiger partial charge on any atom is -0.352 e. The van der Waals surface area contributed by atoms with Crippen LogP contribution in [0.1, 0.15) is 46.1 Å². The normalized spacial score (nSPS) is 16.3. The van der Waals surface area contributed by atoms with Gasteiger partial charge in [-0.05, 0) is 38.7 Å². The predicted molar refractivity (Wildman–Crippen MR) is 97.8 cm³/mol. The van der Waals surface area contributed by atoms with E-state index in [1.54, 1.807) is 20.8 Å². The summed E-state index contributed by atoms with van der Waals surface area (Å²) in [6.07, 6.45) is 0.868. The molecular weight excluding hydrogens is 314 g/mol. The van der Waals surface area contributed by atoms with Crippen molar-refractivity contribution in [2.75, 3.05) is 0 Å². The molecule has 25 heavy (non-hydrogen) atoms. The van der Waals surface area contributed by atoms with Crippen molar-refractivity contribution in [3.63, 3.8) is 0 Å². The molecule has 0 saturated carbocycles. The van der Waals surface area contributed by atoms with E-state index < -0.39 is 0 Å². The maximum absolute atomic E-state index is 12.5. The molecule has 0 aromatic heterocycles. The lowest BCUT2D eigenvalue weighted by Crippen LogP contribution is -2.26.